The van der Waals surface area contributed by atoms with Crippen LogP contribution in [-0.2, 0) is 0 Å². The van der Waals surface area contributed by atoms with Crippen molar-refractivity contribution in [2.45, 2.75) is 39.5 Å². The molecule has 0 heterocycles. The molecular formula is C19H25N. The summed E-state index contributed by atoms with van der Waals surface area (Å²) in [4.78, 5) is 0. The summed E-state index contributed by atoms with van der Waals surface area (Å²) in [5.74, 6) is 1.55. The average molecular weight is 267 g/mol. The predicted octanol–water partition coefficient (Wildman–Crippen LogP) is 5.18. The van der Waals surface area contributed by atoms with Crippen molar-refractivity contribution in [3.63, 3.8) is 0 Å². The van der Waals surface area contributed by atoms with Gasteiger partial charge >= 0.3 is 0 Å². The molecule has 0 aliphatic carbocycles. The van der Waals surface area contributed by atoms with Crippen molar-refractivity contribution in [1.29, 1.82) is 0 Å². The Balaban J connectivity index is 2.43. The van der Waals surface area contributed by atoms with Crippen molar-refractivity contribution in [2.75, 3.05) is 5.73 Å². The zero-order valence-electron chi connectivity index (χ0n) is 12.9. The molecule has 0 amide bonds. The first kappa shape index (κ1) is 14.6. The van der Waals surface area contributed by atoms with Crippen molar-refractivity contribution in [2.24, 2.45) is 5.92 Å². The lowest BCUT2D eigenvalue weighted by atomic mass is 9.81. The Kier molecular flexibility index (Phi) is 4.49. The molecule has 1 atom stereocenters. The molecule has 0 radical (unpaired) electrons. The lowest BCUT2D eigenvalue weighted by Crippen LogP contribution is -2.09. The van der Waals surface area contributed by atoms with E-state index < -0.39 is 0 Å². The SMILES string of the molecule is CC(C)c1cccc(C(c2ccc(N)cc2)C(C)C)c1. The van der Waals surface area contributed by atoms with Crippen molar-refractivity contribution in [1.82, 2.24) is 0 Å². The molecule has 2 rings (SSSR count). The van der Waals surface area contributed by atoms with Gasteiger partial charge in [-0.3, -0.25) is 0 Å². The molecule has 2 aromatic carbocycles. The fourth-order valence-corrected chi connectivity index (χ4v) is 2.78. The van der Waals surface area contributed by atoms with Gasteiger partial charge in [0, 0.05) is 11.6 Å². The Bertz CT molecular complexity index is 552. The highest BCUT2D eigenvalue weighted by Crippen LogP contribution is 2.33. The van der Waals surface area contributed by atoms with Gasteiger partial charge in [0.2, 0.25) is 0 Å². The lowest BCUT2D eigenvalue weighted by molar-refractivity contribution is 0.563. The number of hydrogen-bond acceptors (Lipinski definition) is 1. The van der Waals surface area contributed by atoms with Gasteiger partial charge in [0.25, 0.3) is 0 Å². The van der Waals surface area contributed by atoms with Crippen LogP contribution in [0.25, 0.3) is 0 Å². The molecular weight excluding hydrogens is 242 g/mol. The van der Waals surface area contributed by atoms with Crippen LogP contribution >= 0.6 is 0 Å². The summed E-state index contributed by atoms with van der Waals surface area (Å²) in [6, 6.07) is 17.3. The molecule has 20 heavy (non-hydrogen) atoms. The summed E-state index contributed by atoms with van der Waals surface area (Å²) < 4.78 is 0. The molecule has 2 N–H and O–H groups in total. The van der Waals surface area contributed by atoms with E-state index in [0.29, 0.717) is 17.8 Å². The van der Waals surface area contributed by atoms with Gasteiger partial charge < -0.3 is 5.73 Å². The highest BCUT2D eigenvalue weighted by atomic mass is 14.5. The van der Waals surface area contributed by atoms with Crippen LogP contribution in [0.2, 0.25) is 0 Å². The summed E-state index contributed by atoms with van der Waals surface area (Å²) in [6.45, 7) is 9.05. The van der Waals surface area contributed by atoms with E-state index >= 15 is 0 Å². The molecule has 0 spiro atoms. The van der Waals surface area contributed by atoms with Crippen molar-refractivity contribution in [3.05, 3.63) is 65.2 Å². The third-order valence-corrected chi connectivity index (χ3v) is 3.90. The van der Waals surface area contributed by atoms with Crippen LogP contribution in [0, 0.1) is 5.92 Å². The van der Waals surface area contributed by atoms with Crippen LogP contribution in [-0.4, -0.2) is 0 Å². The second kappa shape index (κ2) is 6.13. The Labute approximate surface area is 122 Å². The average Bonchev–Trinajstić information content (AvgIpc) is 2.41. The first-order valence-corrected chi connectivity index (χ1v) is 7.44. The van der Waals surface area contributed by atoms with E-state index in [1.165, 1.54) is 16.7 Å². The molecule has 0 aliphatic rings. The molecule has 0 fully saturated rings. The van der Waals surface area contributed by atoms with Gasteiger partial charge in [-0.05, 0) is 40.7 Å². The van der Waals surface area contributed by atoms with Gasteiger partial charge in [-0.15, -0.1) is 0 Å². The first-order valence-electron chi connectivity index (χ1n) is 7.44. The number of hydrogen-bond donors (Lipinski definition) is 1. The van der Waals surface area contributed by atoms with Gasteiger partial charge in [-0.25, -0.2) is 0 Å². The zero-order valence-corrected chi connectivity index (χ0v) is 12.9. The van der Waals surface area contributed by atoms with Gasteiger partial charge in [0.1, 0.15) is 0 Å². The third kappa shape index (κ3) is 3.22. The molecule has 1 heteroatoms. The maximum atomic E-state index is 5.81. The predicted molar refractivity (Wildman–Crippen MR) is 88.1 cm³/mol. The molecule has 0 saturated heterocycles. The van der Waals surface area contributed by atoms with Crippen molar-refractivity contribution < 1.29 is 0 Å². The Morgan fingerprint density at radius 1 is 0.750 bits per heavy atom. The molecule has 1 unspecified atom stereocenters. The van der Waals surface area contributed by atoms with E-state index in [0.717, 1.165) is 5.69 Å². The summed E-state index contributed by atoms with van der Waals surface area (Å²) >= 11 is 0. The highest BCUT2D eigenvalue weighted by molar-refractivity contribution is 5.43. The smallest absolute Gasteiger partial charge is 0.0314 e. The van der Waals surface area contributed by atoms with E-state index in [4.69, 9.17) is 5.73 Å². The van der Waals surface area contributed by atoms with Crippen LogP contribution in [0.3, 0.4) is 0 Å². The van der Waals surface area contributed by atoms with E-state index in [1.807, 2.05) is 12.1 Å². The van der Waals surface area contributed by atoms with Crippen LogP contribution in [0.5, 0.6) is 0 Å². The first-order chi connectivity index (χ1) is 9.49. The van der Waals surface area contributed by atoms with Crippen LogP contribution in [0.15, 0.2) is 48.5 Å². The van der Waals surface area contributed by atoms with Gasteiger partial charge in [0.05, 0.1) is 0 Å². The normalized spacial score (nSPS) is 12.9. The van der Waals surface area contributed by atoms with E-state index in [-0.39, 0.29) is 0 Å². The molecule has 1 nitrogen and oxygen atoms in total. The number of benzene rings is 2. The van der Waals surface area contributed by atoms with Crippen molar-refractivity contribution in [3.8, 4) is 0 Å². The maximum Gasteiger partial charge on any atom is 0.0314 e. The van der Waals surface area contributed by atoms with E-state index in [2.05, 4.69) is 64.1 Å². The molecule has 2 aromatic rings. The highest BCUT2D eigenvalue weighted by Gasteiger charge is 2.18. The molecule has 0 bridgehead atoms. The second-order valence-electron chi connectivity index (χ2n) is 6.21. The minimum Gasteiger partial charge on any atom is -0.399 e. The molecule has 0 aliphatic heterocycles. The van der Waals surface area contributed by atoms with Crippen LogP contribution in [0.4, 0.5) is 5.69 Å². The summed E-state index contributed by atoms with van der Waals surface area (Å²) in [5, 5.41) is 0. The Morgan fingerprint density at radius 3 is 1.90 bits per heavy atom. The maximum absolute atomic E-state index is 5.81. The number of nitrogen functional groups attached to an aromatic ring is 1. The van der Waals surface area contributed by atoms with Crippen LogP contribution in [0.1, 0.15) is 56.2 Å². The zero-order chi connectivity index (χ0) is 14.7. The van der Waals surface area contributed by atoms with Gasteiger partial charge in [0.15, 0.2) is 0 Å². The number of nitrogens with two attached hydrogens (primary N) is 1. The molecule has 0 aromatic heterocycles. The third-order valence-electron chi connectivity index (χ3n) is 3.90. The topological polar surface area (TPSA) is 26.0 Å². The fraction of sp³-hybridized carbons (Fsp3) is 0.368. The summed E-state index contributed by atoms with van der Waals surface area (Å²) in [6.07, 6.45) is 0. The Morgan fingerprint density at radius 2 is 1.35 bits per heavy atom. The van der Waals surface area contributed by atoms with Crippen LogP contribution < -0.4 is 5.73 Å². The molecule has 106 valence electrons. The quantitative estimate of drug-likeness (QED) is 0.759. The fourth-order valence-electron chi connectivity index (χ4n) is 2.78. The van der Waals surface area contributed by atoms with E-state index in [9.17, 15) is 0 Å². The number of anilines is 1. The van der Waals surface area contributed by atoms with Crippen molar-refractivity contribution >= 4 is 5.69 Å². The minimum atomic E-state index is 0.425. The minimum absolute atomic E-state index is 0.425. The van der Waals surface area contributed by atoms with Gasteiger partial charge in [-0.2, -0.15) is 0 Å². The van der Waals surface area contributed by atoms with Gasteiger partial charge in [-0.1, -0.05) is 64.1 Å². The standard InChI is InChI=1S/C19H25N/c1-13(2)16-6-5-7-17(12-16)19(14(3)4)15-8-10-18(20)11-9-15/h5-14,19H,20H2,1-4H3. The summed E-state index contributed by atoms with van der Waals surface area (Å²) in [5.41, 5.74) is 10.8. The monoisotopic (exact) mass is 267 g/mol. The number of rotatable bonds is 4. The largest absolute Gasteiger partial charge is 0.399 e. The summed E-state index contributed by atoms with van der Waals surface area (Å²) in [7, 11) is 0. The molecule has 0 saturated carbocycles. The van der Waals surface area contributed by atoms with E-state index in [1.54, 1.807) is 0 Å². The second-order valence-corrected chi connectivity index (χ2v) is 6.21. The Hall–Kier alpha value is -1.76. The lowest BCUT2D eigenvalue weighted by Gasteiger charge is -2.23.